The van der Waals surface area contributed by atoms with E-state index in [1.807, 2.05) is 0 Å². The zero-order chi connectivity index (χ0) is 16.7. The summed E-state index contributed by atoms with van der Waals surface area (Å²) in [5, 5.41) is 10.00. The maximum atomic E-state index is 12.1. The van der Waals surface area contributed by atoms with Gasteiger partial charge in [-0.2, -0.15) is 0 Å². The van der Waals surface area contributed by atoms with Gasteiger partial charge in [0.2, 0.25) is 0 Å². The van der Waals surface area contributed by atoms with Crippen LogP contribution in [-0.4, -0.2) is 11.1 Å². The van der Waals surface area contributed by atoms with E-state index < -0.39 is 5.97 Å². The van der Waals surface area contributed by atoms with Crippen molar-refractivity contribution in [2.75, 3.05) is 0 Å². The Morgan fingerprint density at radius 3 is 2.00 bits per heavy atom. The third-order valence-electron chi connectivity index (χ3n) is 6.96. The lowest BCUT2D eigenvalue weighted by molar-refractivity contribution is -0.157. The Morgan fingerprint density at radius 2 is 1.48 bits per heavy atom. The number of hydrogen-bond donors (Lipinski definition) is 1. The van der Waals surface area contributed by atoms with Crippen molar-refractivity contribution < 1.29 is 9.90 Å². The van der Waals surface area contributed by atoms with Crippen molar-refractivity contribution in [3.63, 3.8) is 0 Å². The Morgan fingerprint density at radius 1 is 0.870 bits per heavy atom. The van der Waals surface area contributed by atoms with Gasteiger partial charge in [0.25, 0.3) is 0 Å². The second-order valence-corrected chi connectivity index (χ2v) is 8.41. The summed E-state index contributed by atoms with van der Waals surface area (Å²) in [6, 6.07) is 0. The predicted octanol–water partition coefficient (Wildman–Crippen LogP) is 6.43. The zero-order valence-electron chi connectivity index (χ0n) is 15.5. The van der Waals surface area contributed by atoms with Crippen LogP contribution in [0, 0.1) is 23.2 Å². The molecule has 2 fully saturated rings. The quantitative estimate of drug-likeness (QED) is 0.522. The van der Waals surface area contributed by atoms with Gasteiger partial charge in [-0.3, -0.25) is 4.79 Å². The molecule has 0 aliphatic heterocycles. The topological polar surface area (TPSA) is 37.3 Å². The fourth-order valence-corrected chi connectivity index (χ4v) is 5.37. The van der Waals surface area contributed by atoms with Gasteiger partial charge in [0.1, 0.15) is 0 Å². The third-order valence-corrected chi connectivity index (χ3v) is 6.96. The van der Waals surface area contributed by atoms with Crippen LogP contribution in [0.5, 0.6) is 0 Å². The van der Waals surface area contributed by atoms with Gasteiger partial charge >= 0.3 is 5.97 Å². The molecule has 0 aromatic heterocycles. The molecule has 0 amide bonds. The lowest BCUT2D eigenvalue weighted by Crippen LogP contribution is -2.43. The van der Waals surface area contributed by atoms with Crippen LogP contribution in [-0.2, 0) is 4.79 Å². The van der Waals surface area contributed by atoms with Crippen molar-refractivity contribution in [3.8, 4) is 0 Å². The molecule has 0 unspecified atom stereocenters. The maximum Gasteiger partial charge on any atom is 0.309 e. The van der Waals surface area contributed by atoms with Crippen LogP contribution in [0.3, 0.4) is 0 Å². The van der Waals surface area contributed by atoms with Gasteiger partial charge in [0.05, 0.1) is 5.41 Å². The Bertz CT molecular complexity index is 347. The lowest BCUT2D eigenvalue weighted by atomic mass is 9.58. The number of carboxylic acids is 1. The van der Waals surface area contributed by atoms with Crippen LogP contribution in [0.15, 0.2) is 0 Å². The molecular weight excluding hydrogens is 284 g/mol. The zero-order valence-corrected chi connectivity index (χ0v) is 15.5. The monoisotopic (exact) mass is 322 g/mol. The van der Waals surface area contributed by atoms with Crippen molar-refractivity contribution in [2.45, 2.75) is 104 Å². The highest BCUT2D eigenvalue weighted by Gasteiger charge is 2.48. The van der Waals surface area contributed by atoms with E-state index in [0.717, 1.165) is 37.5 Å². The molecule has 2 nitrogen and oxygen atoms in total. The summed E-state index contributed by atoms with van der Waals surface area (Å²) < 4.78 is 0. The van der Waals surface area contributed by atoms with Crippen LogP contribution >= 0.6 is 0 Å². The Balaban J connectivity index is 1.87. The van der Waals surface area contributed by atoms with Crippen LogP contribution in [0.2, 0.25) is 0 Å². The highest BCUT2D eigenvalue weighted by Crippen LogP contribution is 2.51. The molecule has 1 N–H and O–H groups in total. The van der Waals surface area contributed by atoms with Crippen molar-refractivity contribution in [1.82, 2.24) is 0 Å². The van der Waals surface area contributed by atoms with E-state index in [0.29, 0.717) is 5.92 Å². The summed E-state index contributed by atoms with van der Waals surface area (Å²) in [7, 11) is 0. The molecule has 2 heteroatoms. The fourth-order valence-electron chi connectivity index (χ4n) is 5.37. The summed E-state index contributed by atoms with van der Waals surface area (Å²) in [4.78, 5) is 12.1. The van der Waals surface area contributed by atoms with Crippen LogP contribution in [0.4, 0.5) is 0 Å². The second-order valence-electron chi connectivity index (χ2n) is 8.41. The average molecular weight is 323 g/mol. The van der Waals surface area contributed by atoms with Gasteiger partial charge in [-0.1, -0.05) is 65.2 Å². The first-order valence-electron chi connectivity index (χ1n) is 10.4. The molecule has 2 rings (SSSR count). The van der Waals surface area contributed by atoms with Crippen LogP contribution in [0.1, 0.15) is 104 Å². The molecule has 0 radical (unpaired) electrons. The molecule has 0 heterocycles. The van der Waals surface area contributed by atoms with E-state index in [4.69, 9.17) is 0 Å². The fraction of sp³-hybridized carbons (Fsp3) is 0.952. The van der Waals surface area contributed by atoms with E-state index in [1.54, 1.807) is 0 Å². The number of carbonyl (C=O) groups is 1. The van der Waals surface area contributed by atoms with Crippen molar-refractivity contribution in [3.05, 3.63) is 0 Å². The first-order chi connectivity index (χ1) is 11.1. The van der Waals surface area contributed by atoms with E-state index in [9.17, 15) is 9.90 Å². The van der Waals surface area contributed by atoms with Gasteiger partial charge in [-0.15, -0.1) is 0 Å². The first-order valence-corrected chi connectivity index (χ1v) is 10.4. The molecule has 2 aliphatic rings. The first kappa shape index (κ1) is 18.8. The van der Waals surface area contributed by atoms with E-state index in [1.165, 1.54) is 64.2 Å². The minimum Gasteiger partial charge on any atom is -0.481 e. The van der Waals surface area contributed by atoms with E-state index in [-0.39, 0.29) is 5.41 Å². The molecule has 0 aromatic carbocycles. The number of rotatable bonds is 8. The summed E-state index contributed by atoms with van der Waals surface area (Å²) in [6.07, 6.45) is 17.0. The molecule has 0 aromatic rings. The Hall–Kier alpha value is -0.530. The summed E-state index contributed by atoms with van der Waals surface area (Å²) in [5.41, 5.74) is -0.376. The third kappa shape index (κ3) is 4.73. The van der Waals surface area contributed by atoms with Gasteiger partial charge in [-0.25, -0.2) is 0 Å². The van der Waals surface area contributed by atoms with Crippen molar-refractivity contribution in [1.29, 1.82) is 0 Å². The molecule has 0 atom stereocenters. The molecule has 23 heavy (non-hydrogen) atoms. The second kappa shape index (κ2) is 9.08. The largest absolute Gasteiger partial charge is 0.481 e. The van der Waals surface area contributed by atoms with Crippen LogP contribution in [0.25, 0.3) is 0 Å². The van der Waals surface area contributed by atoms with Gasteiger partial charge < -0.3 is 5.11 Å². The standard InChI is InChI=1S/C21H38O2/c1-3-5-6-8-18-9-11-19(12-10-18)21(20(22)23)15-13-17(7-4-2)14-16-21/h17-19H,3-16H2,1-2H3,(H,22,23). The summed E-state index contributed by atoms with van der Waals surface area (Å²) in [5.74, 6) is 1.63. The SMILES string of the molecule is CCCCCC1CCC(C2(C(=O)O)CCC(CCC)CC2)CC1. The lowest BCUT2D eigenvalue weighted by Gasteiger charge is -2.45. The average Bonchev–Trinajstić information content (AvgIpc) is 2.57. The smallest absolute Gasteiger partial charge is 0.309 e. The number of hydrogen-bond acceptors (Lipinski definition) is 1. The molecule has 2 aliphatic carbocycles. The predicted molar refractivity (Wildman–Crippen MR) is 96.5 cm³/mol. The summed E-state index contributed by atoms with van der Waals surface area (Å²) >= 11 is 0. The molecule has 134 valence electrons. The molecule has 2 saturated carbocycles. The molecule has 0 spiro atoms. The number of unbranched alkanes of at least 4 members (excludes halogenated alkanes) is 2. The van der Waals surface area contributed by atoms with Crippen molar-refractivity contribution in [2.24, 2.45) is 23.2 Å². The van der Waals surface area contributed by atoms with Gasteiger partial charge in [-0.05, 0) is 56.3 Å². The van der Waals surface area contributed by atoms with Crippen molar-refractivity contribution >= 4 is 5.97 Å². The van der Waals surface area contributed by atoms with E-state index >= 15 is 0 Å². The minimum absolute atomic E-state index is 0.376. The number of aliphatic carboxylic acids is 1. The minimum atomic E-state index is -0.484. The van der Waals surface area contributed by atoms with E-state index in [2.05, 4.69) is 13.8 Å². The summed E-state index contributed by atoms with van der Waals surface area (Å²) in [6.45, 7) is 4.52. The maximum absolute atomic E-state index is 12.1. The van der Waals surface area contributed by atoms with Crippen LogP contribution < -0.4 is 0 Å². The molecule has 0 saturated heterocycles. The highest BCUT2D eigenvalue weighted by molar-refractivity contribution is 5.75. The molecular formula is C21H38O2. The van der Waals surface area contributed by atoms with Gasteiger partial charge in [0.15, 0.2) is 0 Å². The Labute approximate surface area is 143 Å². The molecule has 0 bridgehead atoms. The normalized spacial score (nSPS) is 35.1. The van der Waals surface area contributed by atoms with Gasteiger partial charge in [0, 0.05) is 0 Å². The Kier molecular flexibility index (Phi) is 7.43. The highest BCUT2D eigenvalue weighted by atomic mass is 16.4. The number of carboxylic acid groups (broad SMARTS) is 1.